The van der Waals surface area contributed by atoms with Gasteiger partial charge in [-0.3, -0.25) is 4.90 Å². The van der Waals surface area contributed by atoms with Gasteiger partial charge in [-0.25, -0.2) is 9.97 Å². The molecule has 0 spiro atoms. The monoisotopic (exact) mass is 250 g/mol. The van der Waals surface area contributed by atoms with Gasteiger partial charge in [0, 0.05) is 18.8 Å². The van der Waals surface area contributed by atoms with Gasteiger partial charge >= 0.3 is 0 Å². The second-order valence-corrected chi connectivity index (χ2v) is 3.74. The van der Waals surface area contributed by atoms with E-state index < -0.39 is 0 Å². The number of anilines is 3. The van der Waals surface area contributed by atoms with Crippen molar-refractivity contribution in [2.24, 2.45) is 0 Å². The summed E-state index contributed by atoms with van der Waals surface area (Å²) in [5.74, 6) is 1.05. The van der Waals surface area contributed by atoms with Gasteiger partial charge in [0.15, 0.2) is 6.19 Å². The summed E-state index contributed by atoms with van der Waals surface area (Å²) in [6.07, 6.45) is 3.34. The highest BCUT2D eigenvalue weighted by Crippen LogP contribution is 2.18. The van der Waals surface area contributed by atoms with E-state index in [4.69, 9.17) is 10.5 Å². The predicted octanol–water partition coefficient (Wildman–Crippen LogP) is 2.01. The molecular formula is C13H10N6. The molecule has 1 aromatic carbocycles. The number of benzene rings is 1. The largest absolute Gasteiger partial charge is 0.340 e. The maximum Gasteiger partial charge on any atom is 0.185 e. The Kier molecular flexibility index (Phi) is 3.56. The van der Waals surface area contributed by atoms with Gasteiger partial charge in [-0.05, 0) is 18.2 Å². The SMILES string of the molecule is CN(C#N)c1cc(Nc2cccc(C#N)c2)ncn1. The first-order valence-corrected chi connectivity index (χ1v) is 5.45. The summed E-state index contributed by atoms with van der Waals surface area (Å²) >= 11 is 0. The zero-order valence-corrected chi connectivity index (χ0v) is 10.2. The molecule has 1 heterocycles. The Morgan fingerprint density at radius 3 is 2.79 bits per heavy atom. The molecule has 19 heavy (non-hydrogen) atoms. The van der Waals surface area contributed by atoms with Crippen LogP contribution in [0.25, 0.3) is 0 Å². The molecule has 92 valence electrons. The zero-order valence-electron chi connectivity index (χ0n) is 10.2. The first kappa shape index (κ1) is 12.3. The fourth-order valence-electron chi connectivity index (χ4n) is 1.46. The Morgan fingerprint density at radius 1 is 1.21 bits per heavy atom. The fourth-order valence-corrected chi connectivity index (χ4v) is 1.46. The van der Waals surface area contributed by atoms with Gasteiger partial charge in [0.25, 0.3) is 0 Å². The number of aromatic nitrogens is 2. The van der Waals surface area contributed by atoms with Crippen LogP contribution < -0.4 is 10.2 Å². The lowest BCUT2D eigenvalue weighted by atomic mass is 10.2. The van der Waals surface area contributed by atoms with Crippen LogP contribution in [0.5, 0.6) is 0 Å². The summed E-state index contributed by atoms with van der Waals surface area (Å²) in [6, 6.07) is 10.8. The van der Waals surface area contributed by atoms with Gasteiger partial charge in [0.05, 0.1) is 11.6 Å². The van der Waals surface area contributed by atoms with Crippen LogP contribution in [0.3, 0.4) is 0 Å². The van der Waals surface area contributed by atoms with Crippen LogP contribution in [0.1, 0.15) is 5.56 Å². The van der Waals surface area contributed by atoms with Gasteiger partial charge in [0.1, 0.15) is 18.0 Å². The van der Waals surface area contributed by atoms with Gasteiger partial charge in [-0.15, -0.1) is 0 Å². The van der Waals surface area contributed by atoms with Crippen molar-refractivity contribution < 1.29 is 0 Å². The Labute approximate surface area is 110 Å². The molecule has 0 fully saturated rings. The van der Waals surface area contributed by atoms with Gasteiger partial charge in [-0.1, -0.05) is 6.07 Å². The van der Waals surface area contributed by atoms with E-state index in [-0.39, 0.29) is 0 Å². The van der Waals surface area contributed by atoms with Crippen molar-refractivity contribution in [3.05, 3.63) is 42.2 Å². The molecule has 6 heteroatoms. The minimum absolute atomic E-state index is 0.497. The molecule has 1 aromatic heterocycles. The van der Waals surface area contributed by atoms with Crippen LogP contribution >= 0.6 is 0 Å². The third-order valence-corrected chi connectivity index (χ3v) is 2.41. The summed E-state index contributed by atoms with van der Waals surface area (Å²) < 4.78 is 0. The van der Waals surface area contributed by atoms with Gasteiger partial charge in [-0.2, -0.15) is 10.5 Å². The molecule has 2 rings (SSSR count). The van der Waals surface area contributed by atoms with E-state index in [2.05, 4.69) is 21.4 Å². The summed E-state index contributed by atoms with van der Waals surface area (Å²) in [7, 11) is 1.61. The lowest BCUT2D eigenvalue weighted by molar-refractivity contribution is 1.08. The number of hydrogen-bond acceptors (Lipinski definition) is 6. The standard InChI is InChI=1S/C13H10N6/c1-19(8-15)13-6-12(16-9-17-13)18-11-4-2-3-10(5-11)7-14/h2-6,9H,1H3,(H,16,17,18). The molecule has 1 N–H and O–H groups in total. The van der Waals surface area contributed by atoms with E-state index in [1.165, 1.54) is 11.2 Å². The molecule has 0 unspecified atom stereocenters. The molecule has 0 aliphatic carbocycles. The van der Waals surface area contributed by atoms with Crippen LogP contribution in [0.2, 0.25) is 0 Å². The van der Waals surface area contributed by atoms with Crippen LogP contribution in [0.4, 0.5) is 17.3 Å². The Morgan fingerprint density at radius 2 is 2.05 bits per heavy atom. The summed E-state index contributed by atoms with van der Waals surface area (Å²) in [5, 5.41) is 20.7. The third kappa shape index (κ3) is 2.96. The van der Waals surface area contributed by atoms with Gasteiger partial charge < -0.3 is 5.32 Å². The quantitative estimate of drug-likeness (QED) is 0.662. The maximum absolute atomic E-state index is 8.83. The summed E-state index contributed by atoms with van der Waals surface area (Å²) in [4.78, 5) is 9.38. The molecule has 0 aliphatic heterocycles. The molecule has 6 nitrogen and oxygen atoms in total. The highest BCUT2D eigenvalue weighted by molar-refractivity contribution is 5.61. The van der Waals surface area contributed by atoms with Crippen LogP contribution in [0.15, 0.2) is 36.7 Å². The topological polar surface area (TPSA) is 88.6 Å². The fraction of sp³-hybridized carbons (Fsp3) is 0.0769. The van der Waals surface area contributed by atoms with Crippen LogP contribution in [0, 0.1) is 22.8 Å². The number of hydrogen-bond donors (Lipinski definition) is 1. The Hall–Kier alpha value is -3.12. The molecule has 2 aromatic rings. The number of nitriles is 2. The second-order valence-electron chi connectivity index (χ2n) is 3.74. The first-order chi connectivity index (χ1) is 9.22. The normalized spacial score (nSPS) is 9.21. The van der Waals surface area contributed by atoms with E-state index in [1.807, 2.05) is 12.3 Å². The second kappa shape index (κ2) is 5.48. The van der Waals surface area contributed by atoms with Crippen molar-refractivity contribution in [1.82, 2.24) is 9.97 Å². The molecule has 0 radical (unpaired) electrons. The van der Waals surface area contributed by atoms with Crippen molar-refractivity contribution in [3.63, 3.8) is 0 Å². The number of nitrogens with zero attached hydrogens (tertiary/aromatic N) is 5. The first-order valence-electron chi connectivity index (χ1n) is 5.45. The van der Waals surface area contributed by atoms with Crippen LogP contribution in [-0.4, -0.2) is 17.0 Å². The van der Waals surface area contributed by atoms with Crippen molar-refractivity contribution in [2.75, 3.05) is 17.3 Å². The van der Waals surface area contributed by atoms with Crippen molar-refractivity contribution >= 4 is 17.3 Å². The minimum Gasteiger partial charge on any atom is -0.340 e. The van der Waals surface area contributed by atoms with Crippen molar-refractivity contribution in [2.45, 2.75) is 0 Å². The lowest BCUT2D eigenvalue weighted by Crippen LogP contribution is -2.10. The van der Waals surface area contributed by atoms with E-state index >= 15 is 0 Å². The Bertz CT molecular complexity index is 667. The molecule has 0 atom stereocenters. The number of nitrogens with one attached hydrogen (secondary N) is 1. The summed E-state index contributed by atoms with van der Waals surface area (Å²) in [5.41, 5.74) is 1.32. The van der Waals surface area contributed by atoms with Crippen molar-refractivity contribution in [1.29, 1.82) is 10.5 Å². The van der Waals surface area contributed by atoms with E-state index in [0.717, 1.165) is 5.69 Å². The average Bonchev–Trinajstić information content (AvgIpc) is 2.47. The molecule has 0 bridgehead atoms. The van der Waals surface area contributed by atoms with Crippen LogP contribution in [-0.2, 0) is 0 Å². The van der Waals surface area contributed by atoms with E-state index in [0.29, 0.717) is 17.2 Å². The van der Waals surface area contributed by atoms with E-state index in [1.54, 1.807) is 31.3 Å². The molecule has 0 amide bonds. The van der Waals surface area contributed by atoms with E-state index in [9.17, 15) is 0 Å². The zero-order chi connectivity index (χ0) is 13.7. The molecule has 0 aliphatic rings. The number of rotatable bonds is 3. The molecule has 0 saturated heterocycles. The maximum atomic E-state index is 8.83. The highest BCUT2D eigenvalue weighted by atomic mass is 15.2. The smallest absolute Gasteiger partial charge is 0.185 e. The Balaban J connectivity index is 2.24. The minimum atomic E-state index is 0.497. The van der Waals surface area contributed by atoms with Gasteiger partial charge in [0.2, 0.25) is 0 Å². The molecular weight excluding hydrogens is 240 g/mol. The lowest BCUT2D eigenvalue weighted by Gasteiger charge is -2.10. The predicted molar refractivity (Wildman–Crippen MR) is 70.5 cm³/mol. The average molecular weight is 250 g/mol. The molecule has 0 saturated carbocycles. The summed E-state index contributed by atoms with van der Waals surface area (Å²) in [6.45, 7) is 0. The third-order valence-electron chi connectivity index (χ3n) is 2.41. The van der Waals surface area contributed by atoms with Crippen molar-refractivity contribution in [3.8, 4) is 12.3 Å². The highest BCUT2D eigenvalue weighted by Gasteiger charge is 2.03.